The van der Waals surface area contributed by atoms with E-state index in [1.807, 2.05) is 4.90 Å². The summed E-state index contributed by atoms with van der Waals surface area (Å²) in [6.45, 7) is 1.33. The number of hydrogen-bond donors (Lipinski definition) is 1. The van der Waals surface area contributed by atoms with Crippen molar-refractivity contribution in [3.63, 3.8) is 0 Å². The van der Waals surface area contributed by atoms with Gasteiger partial charge >= 0.3 is 5.97 Å². The summed E-state index contributed by atoms with van der Waals surface area (Å²) < 4.78 is 0. The number of hydrogen-bond acceptors (Lipinski definition) is 4. The van der Waals surface area contributed by atoms with E-state index in [9.17, 15) is 4.79 Å². The number of carboxylic acids is 1. The smallest absolute Gasteiger partial charge is 0.308 e. The molecular formula is C13H17N3O2. The normalized spacial score (nSPS) is 22.9. The summed E-state index contributed by atoms with van der Waals surface area (Å²) >= 11 is 0. The van der Waals surface area contributed by atoms with Crippen LogP contribution < -0.4 is 4.90 Å². The highest BCUT2D eigenvalue weighted by molar-refractivity contribution is 5.71. The Morgan fingerprint density at radius 1 is 1.33 bits per heavy atom. The quantitative estimate of drug-likeness (QED) is 0.852. The monoisotopic (exact) mass is 247 g/mol. The van der Waals surface area contributed by atoms with Crippen molar-refractivity contribution in [3.05, 3.63) is 17.3 Å². The molecule has 0 bridgehead atoms. The molecule has 1 aromatic heterocycles. The van der Waals surface area contributed by atoms with Crippen LogP contribution in [-0.4, -0.2) is 34.4 Å². The molecule has 0 amide bonds. The number of fused-ring (bicyclic) bond motifs is 1. The fourth-order valence-electron chi connectivity index (χ4n) is 2.80. The Labute approximate surface area is 106 Å². The fourth-order valence-corrected chi connectivity index (χ4v) is 2.80. The maximum atomic E-state index is 10.9. The van der Waals surface area contributed by atoms with Crippen molar-refractivity contribution < 1.29 is 9.90 Å². The average molecular weight is 247 g/mol. The van der Waals surface area contributed by atoms with Gasteiger partial charge in [0.05, 0.1) is 11.6 Å². The fraction of sp³-hybridized carbons (Fsp3) is 0.615. The maximum Gasteiger partial charge on any atom is 0.308 e. The van der Waals surface area contributed by atoms with Gasteiger partial charge in [-0.15, -0.1) is 5.10 Å². The Morgan fingerprint density at radius 3 is 2.94 bits per heavy atom. The molecule has 96 valence electrons. The summed E-state index contributed by atoms with van der Waals surface area (Å²) in [6.07, 6.45) is 5.23. The van der Waals surface area contributed by atoms with Crippen LogP contribution in [0.2, 0.25) is 0 Å². The number of carbonyl (C=O) groups is 1. The number of aromatic nitrogens is 2. The van der Waals surface area contributed by atoms with Crippen LogP contribution in [0.25, 0.3) is 0 Å². The molecule has 0 saturated carbocycles. The highest BCUT2D eigenvalue weighted by atomic mass is 16.4. The van der Waals surface area contributed by atoms with E-state index < -0.39 is 5.97 Å². The van der Waals surface area contributed by atoms with Gasteiger partial charge < -0.3 is 10.0 Å². The van der Waals surface area contributed by atoms with Crippen LogP contribution in [0.3, 0.4) is 0 Å². The number of anilines is 1. The lowest BCUT2D eigenvalue weighted by Gasteiger charge is -2.20. The van der Waals surface area contributed by atoms with E-state index in [4.69, 9.17) is 5.11 Å². The van der Waals surface area contributed by atoms with E-state index >= 15 is 0 Å². The molecule has 2 aliphatic rings. The second-order valence-corrected chi connectivity index (χ2v) is 5.15. The van der Waals surface area contributed by atoms with Gasteiger partial charge in [0.25, 0.3) is 0 Å². The van der Waals surface area contributed by atoms with E-state index in [-0.39, 0.29) is 5.92 Å². The van der Waals surface area contributed by atoms with Crippen molar-refractivity contribution in [2.75, 3.05) is 18.0 Å². The van der Waals surface area contributed by atoms with E-state index in [2.05, 4.69) is 16.3 Å². The molecule has 18 heavy (non-hydrogen) atoms. The zero-order valence-electron chi connectivity index (χ0n) is 10.3. The third-order valence-electron chi connectivity index (χ3n) is 3.92. The zero-order chi connectivity index (χ0) is 12.5. The molecule has 3 rings (SSSR count). The number of rotatable bonds is 2. The molecule has 1 aromatic rings. The third-order valence-corrected chi connectivity index (χ3v) is 3.92. The van der Waals surface area contributed by atoms with Gasteiger partial charge in [-0.3, -0.25) is 4.79 Å². The van der Waals surface area contributed by atoms with Gasteiger partial charge in [0.15, 0.2) is 5.82 Å². The summed E-state index contributed by atoms with van der Waals surface area (Å²) in [6, 6.07) is 2.10. The molecule has 1 atom stereocenters. The average Bonchev–Trinajstić information content (AvgIpc) is 2.88. The molecule has 1 aliphatic carbocycles. The maximum absolute atomic E-state index is 10.9. The first-order chi connectivity index (χ1) is 8.74. The van der Waals surface area contributed by atoms with E-state index in [0.717, 1.165) is 30.9 Å². The van der Waals surface area contributed by atoms with Crippen LogP contribution in [0.4, 0.5) is 5.82 Å². The molecule has 0 spiro atoms. The van der Waals surface area contributed by atoms with Gasteiger partial charge in [0, 0.05) is 13.1 Å². The third kappa shape index (κ3) is 2.05. The number of aryl methyl sites for hydroxylation is 2. The summed E-state index contributed by atoms with van der Waals surface area (Å²) in [5, 5.41) is 17.6. The van der Waals surface area contributed by atoms with E-state index in [1.54, 1.807) is 0 Å². The largest absolute Gasteiger partial charge is 0.481 e. The van der Waals surface area contributed by atoms with Gasteiger partial charge in [-0.25, -0.2) is 0 Å². The van der Waals surface area contributed by atoms with Crippen molar-refractivity contribution in [2.45, 2.75) is 32.1 Å². The molecule has 0 radical (unpaired) electrons. The van der Waals surface area contributed by atoms with Crippen LogP contribution in [0.15, 0.2) is 6.07 Å². The van der Waals surface area contributed by atoms with E-state index in [1.165, 1.54) is 18.4 Å². The van der Waals surface area contributed by atoms with Crippen molar-refractivity contribution in [3.8, 4) is 0 Å². The Balaban J connectivity index is 1.79. The molecule has 1 saturated heterocycles. The van der Waals surface area contributed by atoms with Gasteiger partial charge in [-0.1, -0.05) is 0 Å². The Hall–Kier alpha value is -1.65. The molecule has 5 nitrogen and oxygen atoms in total. The summed E-state index contributed by atoms with van der Waals surface area (Å²) in [4.78, 5) is 13.0. The van der Waals surface area contributed by atoms with Gasteiger partial charge in [0.2, 0.25) is 0 Å². The second-order valence-electron chi connectivity index (χ2n) is 5.15. The Bertz CT molecular complexity index is 475. The number of aliphatic carboxylic acids is 1. The molecule has 0 aromatic carbocycles. The highest BCUT2D eigenvalue weighted by Gasteiger charge is 2.29. The van der Waals surface area contributed by atoms with E-state index in [0.29, 0.717) is 13.0 Å². The predicted octanol–water partition coefficient (Wildman–Crippen LogP) is 1.27. The summed E-state index contributed by atoms with van der Waals surface area (Å²) in [5.74, 6) is -0.120. The first-order valence-corrected chi connectivity index (χ1v) is 6.57. The van der Waals surface area contributed by atoms with Crippen molar-refractivity contribution in [1.29, 1.82) is 0 Å². The van der Waals surface area contributed by atoms with Crippen molar-refractivity contribution >= 4 is 11.8 Å². The molecule has 1 fully saturated rings. The SMILES string of the molecule is O=C(O)[C@H]1CCN(c2cc3c(nn2)CCCC3)C1. The van der Waals surface area contributed by atoms with Crippen molar-refractivity contribution in [2.24, 2.45) is 5.92 Å². The van der Waals surface area contributed by atoms with Gasteiger partial charge in [0.1, 0.15) is 0 Å². The molecule has 5 heteroatoms. The lowest BCUT2D eigenvalue weighted by Crippen LogP contribution is -2.24. The Morgan fingerprint density at radius 2 is 2.17 bits per heavy atom. The predicted molar refractivity (Wildman–Crippen MR) is 66.6 cm³/mol. The molecule has 2 heterocycles. The molecular weight excluding hydrogens is 230 g/mol. The Kier molecular flexibility index (Phi) is 2.89. The minimum absolute atomic E-state index is 0.261. The number of carboxylic acid groups (broad SMARTS) is 1. The highest BCUT2D eigenvalue weighted by Crippen LogP contribution is 2.26. The molecule has 0 unspecified atom stereocenters. The van der Waals surface area contributed by atoms with Gasteiger partial charge in [-0.05, 0) is 43.7 Å². The summed E-state index contributed by atoms with van der Waals surface area (Å²) in [7, 11) is 0. The first kappa shape index (κ1) is 11.4. The standard InChI is InChI=1S/C13H17N3O2/c17-13(18)10-5-6-16(8-10)12-7-9-3-1-2-4-11(9)14-15-12/h7,10H,1-6,8H2,(H,17,18)/t10-/m0/s1. The van der Waals surface area contributed by atoms with Crippen LogP contribution in [-0.2, 0) is 17.6 Å². The zero-order valence-corrected chi connectivity index (χ0v) is 10.3. The summed E-state index contributed by atoms with van der Waals surface area (Å²) in [5.41, 5.74) is 2.42. The lowest BCUT2D eigenvalue weighted by atomic mass is 9.97. The van der Waals surface area contributed by atoms with Crippen LogP contribution >= 0.6 is 0 Å². The van der Waals surface area contributed by atoms with Crippen LogP contribution in [0.5, 0.6) is 0 Å². The topological polar surface area (TPSA) is 66.3 Å². The lowest BCUT2D eigenvalue weighted by molar-refractivity contribution is -0.140. The van der Waals surface area contributed by atoms with Crippen molar-refractivity contribution in [1.82, 2.24) is 10.2 Å². The number of nitrogens with zero attached hydrogens (tertiary/aromatic N) is 3. The minimum atomic E-state index is -0.705. The van der Waals surface area contributed by atoms with Crippen LogP contribution in [0.1, 0.15) is 30.5 Å². The van der Waals surface area contributed by atoms with Gasteiger partial charge in [-0.2, -0.15) is 5.10 Å². The molecule has 1 N–H and O–H groups in total. The van der Waals surface area contributed by atoms with Crippen LogP contribution in [0, 0.1) is 5.92 Å². The second kappa shape index (κ2) is 4.55. The first-order valence-electron chi connectivity index (χ1n) is 6.57. The minimum Gasteiger partial charge on any atom is -0.481 e. The molecule has 1 aliphatic heterocycles.